The van der Waals surface area contributed by atoms with Crippen LogP contribution in [0.25, 0.3) is 21.9 Å². The van der Waals surface area contributed by atoms with Crippen molar-refractivity contribution in [3.05, 3.63) is 57.5 Å². The van der Waals surface area contributed by atoms with Gasteiger partial charge in [-0.2, -0.15) is 0 Å². The monoisotopic (exact) mass is 509 g/mol. The molecule has 1 atom stereocenters. The predicted octanol–water partition coefficient (Wildman–Crippen LogP) is 4.24. The molecular formula is C28H31NO8. The highest BCUT2D eigenvalue weighted by atomic mass is 16.5. The molecule has 0 aliphatic carbocycles. The Morgan fingerprint density at radius 1 is 1.14 bits per heavy atom. The molecule has 0 fully saturated rings. The zero-order chi connectivity index (χ0) is 27.1. The lowest BCUT2D eigenvalue weighted by atomic mass is 9.88. The minimum absolute atomic E-state index is 0.221. The lowest BCUT2D eigenvalue weighted by molar-refractivity contribution is -0.161. The maximum absolute atomic E-state index is 13.6. The SMILES string of the molecule is Cc1c(-c2c(C(OC(C)(C)C)C(=O)O)n(C)c(=O)c3cc(OCC(=O)O)ccc23)ccc2c1CCCO2. The molecule has 0 spiro atoms. The molecule has 0 bridgehead atoms. The van der Waals surface area contributed by atoms with Crippen molar-refractivity contribution in [1.82, 2.24) is 4.57 Å². The zero-order valence-electron chi connectivity index (χ0n) is 21.6. The standard InChI is InChI=1S/C28H31NO8/c1-15-17-7-6-12-35-21(17)11-10-18(15)23-19-9-8-16(36-14-22(30)31)13-20(19)26(32)29(5)24(23)25(27(33)34)37-28(2,3)4/h8-11,13,25H,6-7,12,14H2,1-5H3,(H,30,31)(H,33,34). The van der Waals surface area contributed by atoms with E-state index in [1.54, 1.807) is 32.9 Å². The summed E-state index contributed by atoms with van der Waals surface area (Å²) in [5.74, 6) is -1.33. The Bertz CT molecular complexity index is 1450. The number of aromatic nitrogens is 1. The third kappa shape index (κ3) is 5.17. The number of rotatable bonds is 7. The van der Waals surface area contributed by atoms with Crippen LogP contribution in [0.15, 0.2) is 35.1 Å². The molecule has 9 heteroatoms. The third-order valence-electron chi connectivity index (χ3n) is 6.37. The van der Waals surface area contributed by atoms with E-state index < -0.39 is 35.8 Å². The molecule has 1 unspecified atom stereocenters. The highest BCUT2D eigenvalue weighted by Crippen LogP contribution is 2.42. The van der Waals surface area contributed by atoms with Gasteiger partial charge in [-0.1, -0.05) is 6.07 Å². The zero-order valence-corrected chi connectivity index (χ0v) is 21.6. The molecule has 196 valence electrons. The van der Waals surface area contributed by atoms with Crippen molar-refractivity contribution in [2.24, 2.45) is 7.05 Å². The Hall–Kier alpha value is -3.85. The highest BCUT2D eigenvalue weighted by Gasteiger charge is 2.34. The second kappa shape index (κ2) is 9.89. The van der Waals surface area contributed by atoms with Crippen LogP contribution >= 0.6 is 0 Å². The van der Waals surface area contributed by atoms with Crippen LogP contribution in [0.2, 0.25) is 0 Å². The fourth-order valence-corrected chi connectivity index (χ4v) is 4.80. The summed E-state index contributed by atoms with van der Waals surface area (Å²) < 4.78 is 18.4. The summed E-state index contributed by atoms with van der Waals surface area (Å²) in [7, 11) is 1.52. The number of pyridine rings is 1. The van der Waals surface area contributed by atoms with E-state index in [2.05, 4.69) is 0 Å². The number of nitrogens with zero attached hydrogens (tertiary/aromatic N) is 1. The average Bonchev–Trinajstić information content (AvgIpc) is 2.83. The number of carbonyl (C=O) groups is 2. The summed E-state index contributed by atoms with van der Waals surface area (Å²) in [6, 6.07) is 8.49. The molecule has 0 radical (unpaired) electrons. The van der Waals surface area contributed by atoms with Crippen LogP contribution in [0.3, 0.4) is 0 Å². The molecule has 3 aromatic rings. The van der Waals surface area contributed by atoms with Gasteiger partial charge >= 0.3 is 11.9 Å². The van der Waals surface area contributed by atoms with Gasteiger partial charge in [-0.05, 0) is 86.9 Å². The number of benzene rings is 2. The maximum Gasteiger partial charge on any atom is 0.341 e. The summed E-state index contributed by atoms with van der Waals surface area (Å²) >= 11 is 0. The first-order valence-corrected chi connectivity index (χ1v) is 12.1. The summed E-state index contributed by atoms with van der Waals surface area (Å²) in [6.45, 7) is 7.33. The van der Waals surface area contributed by atoms with E-state index in [1.165, 1.54) is 17.7 Å². The highest BCUT2D eigenvalue weighted by molar-refractivity contribution is 6.00. The van der Waals surface area contributed by atoms with E-state index in [0.29, 0.717) is 17.6 Å². The number of hydrogen-bond acceptors (Lipinski definition) is 6. The van der Waals surface area contributed by atoms with Gasteiger partial charge in [0.2, 0.25) is 0 Å². The average molecular weight is 510 g/mol. The fraction of sp³-hybridized carbons (Fsp3) is 0.393. The smallest absolute Gasteiger partial charge is 0.341 e. The van der Waals surface area contributed by atoms with Gasteiger partial charge in [-0.15, -0.1) is 0 Å². The third-order valence-corrected chi connectivity index (χ3v) is 6.37. The molecule has 37 heavy (non-hydrogen) atoms. The second-order valence-electron chi connectivity index (χ2n) is 10.1. The first-order valence-electron chi connectivity index (χ1n) is 12.1. The van der Waals surface area contributed by atoms with Crippen molar-refractivity contribution in [1.29, 1.82) is 0 Å². The quantitative estimate of drug-likeness (QED) is 0.485. The van der Waals surface area contributed by atoms with Gasteiger partial charge < -0.3 is 29.0 Å². The van der Waals surface area contributed by atoms with Gasteiger partial charge in [0.15, 0.2) is 12.7 Å². The molecule has 0 saturated heterocycles. The van der Waals surface area contributed by atoms with E-state index in [4.69, 9.17) is 19.3 Å². The van der Waals surface area contributed by atoms with Gasteiger partial charge in [0.1, 0.15) is 11.5 Å². The van der Waals surface area contributed by atoms with Gasteiger partial charge in [0.05, 0.1) is 23.3 Å². The Kier molecular flexibility index (Phi) is 7.01. The minimum Gasteiger partial charge on any atom is -0.493 e. The normalized spacial score (nSPS) is 14.1. The topological polar surface area (TPSA) is 124 Å². The predicted molar refractivity (Wildman–Crippen MR) is 138 cm³/mol. The van der Waals surface area contributed by atoms with Crippen molar-refractivity contribution in [3.63, 3.8) is 0 Å². The maximum atomic E-state index is 13.6. The summed E-state index contributed by atoms with van der Waals surface area (Å²) in [5.41, 5.74) is 2.27. The molecule has 2 heterocycles. The number of aliphatic carboxylic acids is 2. The van der Waals surface area contributed by atoms with E-state index >= 15 is 0 Å². The van der Waals surface area contributed by atoms with Crippen LogP contribution in [-0.4, -0.2) is 45.5 Å². The van der Waals surface area contributed by atoms with Crippen LogP contribution in [0.4, 0.5) is 0 Å². The lowest BCUT2D eigenvalue weighted by Gasteiger charge is -2.29. The van der Waals surface area contributed by atoms with Crippen LogP contribution in [0, 0.1) is 6.92 Å². The van der Waals surface area contributed by atoms with Gasteiger partial charge in [-0.3, -0.25) is 4.79 Å². The van der Waals surface area contributed by atoms with Crippen molar-refractivity contribution in [2.75, 3.05) is 13.2 Å². The first kappa shape index (κ1) is 26.2. The van der Waals surface area contributed by atoms with E-state index in [-0.39, 0.29) is 16.8 Å². The molecule has 1 aromatic heterocycles. The number of carboxylic acid groups (broad SMARTS) is 2. The van der Waals surface area contributed by atoms with Crippen molar-refractivity contribution >= 4 is 22.7 Å². The molecular weight excluding hydrogens is 478 g/mol. The van der Waals surface area contributed by atoms with Crippen LogP contribution in [0.5, 0.6) is 11.5 Å². The van der Waals surface area contributed by atoms with E-state index in [1.807, 2.05) is 19.1 Å². The van der Waals surface area contributed by atoms with E-state index in [9.17, 15) is 19.5 Å². The largest absolute Gasteiger partial charge is 0.493 e. The molecule has 0 amide bonds. The fourth-order valence-electron chi connectivity index (χ4n) is 4.80. The number of ether oxygens (including phenoxy) is 3. The van der Waals surface area contributed by atoms with Gasteiger partial charge in [-0.25, -0.2) is 9.59 Å². The Morgan fingerprint density at radius 3 is 2.51 bits per heavy atom. The Labute approximate surface area is 214 Å². The minimum atomic E-state index is -1.42. The lowest BCUT2D eigenvalue weighted by Crippen LogP contribution is -2.33. The molecule has 9 nitrogen and oxygen atoms in total. The van der Waals surface area contributed by atoms with Crippen LogP contribution in [0.1, 0.15) is 50.1 Å². The van der Waals surface area contributed by atoms with Crippen molar-refractivity contribution < 1.29 is 34.0 Å². The Morgan fingerprint density at radius 2 is 1.86 bits per heavy atom. The molecule has 0 saturated carbocycles. The van der Waals surface area contributed by atoms with E-state index in [0.717, 1.165) is 35.3 Å². The van der Waals surface area contributed by atoms with Crippen LogP contribution in [-0.2, 0) is 27.8 Å². The van der Waals surface area contributed by atoms with Crippen molar-refractivity contribution in [3.8, 4) is 22.6 Å². The Balaban J connectivity index is 2.08. The number of carboxylic acids is 2. The van der Waals surface area contributed by atoms with Crippen LogP contribution < -0.4 is 15.0 Å². The summed E-state index contributed by atoms with van der Waals surface area (Å²) in [5, 5.41) is 20.0. The molecule has 2 aromatic carbocycles. The van der Waals surface area contributed by atoms with Gasteiger partial charge in [0, 0.05) is 12.6 Å². The second-order valence-corrected chi connectivity index (χ2v) is 10.1. The first-order chi connectivity index (χ1) is 17.4. The van der Waals surface area contributed by atoms with Crippen molar-refractivity contribution in [2.45, 2.75) is 52.2 Å². The molecule has 1 aliphatic rings. The number of hydrogen-bond donors (Lipinski definition) is 2. The van der Waals surface area contributed by atoms with Gasteiger partial charge in [0.25, 0.3) is 5.56 Å². The number of fused-ring (bicyclic) bond motifs is 2. The molecule has 2 N–H and O–H groups in total. The summed E-state index contributed by atoms with van der Waals surface area (Å²) in [4.78, 5) is 37.1. The molecule has 1 aliphatic heterocycles. The molecule has 4 rings (SSSR count). The summed E-state index contributed by atoms with van der Waals surface area (Å²) in [6.07, 6.45) is 0.266.